The zero-order chi connectivity index (χ0) is 18.1. The number of rotatable bonds is 9. The van der Waals surface area contributed by atoms with E-state index in [0.717, 1.165) is 28.4 Å². The third-order valence-electron chi connectivity index (χ3n) is 3.79. The average Bonchev–Trinajstić information content (AvgIpc) is 2.59. The fourth-order valence-corrected chi connectivity index (χ4v) is 3.43. The summed E-state index contributed by atoms with van der Waals surface area (Å²) in [6.07, 6.45) is 0.205. The molecule has 0 saturated heterocycles. The third-order valence-corrected chi connectivity index (χ3v) is 4.82. The Morgan fingerprint density at radius 1 is 1.12 bits per heavy atom. The van der Waals surface area contributed by atoms with E-state index in [4.69, 9.17) is 4.74 Å². The van der Waals surface area contributed by atoms with Gasteiger partial charge in [0.2, 0.25) is 0 Å². The Morgan fingerprint density at radius 2 is 1.80 bits per heavy atom. The highest BCUT2D eigenvalue weighted by molar-refractivity contribution is 7.98. The first-order valence-corrected chi connectivity index (χ1v) is 9.88. The van der Waals surface area contributed by atoms with E-state index in [1.165, 1.54) is 5.56 Å². The SMILES string of the molecule is CC[C@H](Oc1cc(C)cc(C)c1)C(=O)NCCSCc1ccccc1. The van der Waals surface area contributed by atoms with Crippen molar-refractivity contribution in [2.75, 3.05) is 12.3 Å². The summed E-state index contributed by atoms with van der Waals surface area (Å²) in [5.41, 5.74) is 3.59. The van der Waals surface area contributed by atoms with E-state index < -0.39 is 6.10 Å². The lowest BCUT2D eigenvalue weighted by atomic mass is 10.1. The van der Waals surface area contributed by atoms with Crippen molar-refractivity contribution in [3.63, 3.8) is 0 Å². The van der Waals surface area contributed by atoms with Crippen LogP contribution in [0, 0.1) is 13.8 Å². The van der Waals surface area contributed by atoms with Crippen LogP contribution < -0.4 is 10.1 Å². The molecule has 2 aromatic rings. The van der Waals surface area contributed by atoms with E-state index in [9.17, 15) is 4.79 Å². The lowest BCUT2D eigenvalue weighted by Gasteiger charge is -2.18. The number of ether oxygens (including phenoxy) is 1. The molecule has 0 aromatic heterocycles. The number of hydrogen-bond donors (Lipinski definition) is 1. The monoisotopic (exact) mass is 357 g/mol. The number of amides is 1. The Kier molecular flexibility index (Phi) is 7.86. The van der Waals surface area contributed by atoms with Gasteiger partial charge in [-0.2, -0.15) is 11.8 Å². The van der Waals surface area contributed by atoms with Crippen molar-refractivity contribution in [3.8, 4) is 5.75 Å². The molecule has 0 aliphatic heterocycles. The fraction of sp³-hybridized carbons (Fsp3) is 0.381. The largest absolute Gasteiger partial charge is 0.481 e. The summed E-state index contributed by atoms with van der Waals surface area (Å²) >= 11 is 1.82. The van der Waals surface area contributed by atoms with E-state index in [-0.39, 0.29) is 5.91 Å². The first-order chi connectivity index (χ1) is 12.1. The van der Waals surface area contributed by atoms with Crippen molar-refractivity contribution in [2.45, 2.75) is 39.0 Å². The Labute approximate surface area is 155 Å². The molecule has 25 heavy (non-hydrogen) atoms. The zero-order valence-electron chi connectivity index (χ0n) is 15.2. The van der Waals surface area contributed by atoms with Gasteiger partial charge in [-0.05, 0) is 49.1 Å². The Hall–Kier alpha value is -1.94. The van der Waals surface area contributed by atoms with E-state index in [0.29, 0.717) is 13.0 Å². The first kappa shape index (κ1) is 19.4. The number of benzene rings is 2. The van der Waals surface area contributed by atoms with Crippen LogP contribution in [0.4, 0.5) is 0 Å². The summed E-state index contributed by atoms with van der Waals surface area (Å²) in [7, 11) is 0. The van der Waals surface area contributed by atoms with Gasteiger partial charge in [0.1, 0.15) is 5.75 Å². The van der Waals surface area contributed by atoms with Crippen LogP contribution in [0.15, 0.2) is 48.5 Å². The molecule has 1 N–H and O–H groups in total. The summed E-state index contributed by atoms with van der Waals surface area (Å²) in [5.74, 6) is 2.58. The first-order valence-electron chi connectivity index (χ1n) is 8.73. The lowest BCUT2D eigenvalue weighted by molar-refractivity contribution is -0.127. The van der Waals surface area contributed by atoms with Crippen molar-refractivity contribution in [1.82, 2.24) is 5.32 Å². The molecule has 4 heteroatoms. The number of carbonyl (C=O) groups excluding carboxylic acids is 1. The highest BCUT2D eigenvalue weighted by atomic mass is 32.2. The molecule has 0 spiro atoms. The molecule has 0 heterocycles. The van der Waals surface area contributed by atoms with Crippen LogP contribution in [0.25, 0.3) is 0 Å². The number of hydrogen-bond acceptors (Lipinski definition) is 3. The van der Waals surface area contributed by atoms with Gasteiger partial charge < -0.3 is 10.1 Å². The summed E-state index contributed by atoms with van der Waals surface area (Å²) < 4.78 is 5.89. The molecule has 1 atom stereocenters. The molecular weight excluding hydrogens is 330 g/mol. The number of aryl methyl sites for hydroxylation is 2. The molecule has 0 radical (unpaired) electrons. The van der Waals surface area contributed by atoms with Crippen molar-refractivity contribution in [1.29, 1.82) is 0 Å². The van der Waals surface area contributed by atoms with Crippen LogP contribution in [-0.4, -0.2) is 24.3 Å². The predicted octanol–water partition coefficient (Wildman–Crippen LogP) is 4.51. The van der Waals surface area contributed by atoms with Crippen LogP contribution >= 0.6 is 11.8 Å². The van der Waals surface area contributed by atoms with Gasteiger partial charge in [-0.3, -0.25) is 4.79 Å². The maximum absolute atomic E-state index is 12.3. The van der Waals surface area contributed by atoms with Crippen LogP contribution in [0.1, 0.15) is 30.0 Å². The molecule has 0 aliphatic carbocycles. The van der Waals surface area contributed by atoms with Crippen molar-refractivity contribution < 1.29 is 9.53 Å². The van der Waals surface area contributed by atoms with Gasteiger partial charge in [-0.15, -0.1) is 0 Å². The number of carbonyl (C=O) groups is 1. The highest BCUT2D eigenvalue weighted by Gasteiger charge is 2.18. The van der Waals surface area contributed by atoms with Crippen molar-refractivity contribution in [3.05, 3.63) is 65.2 Å². The van der Waals surface area contributed by atoms with Gasteiger partial charge in [0.05, 0.1) is 0 Å². The average molecular weight is 358 g/mol. The van der Waals surface area contributed by atoms with E-state index >= 15 is 0 Å². The summed E-state index contributed by atoms with van der Waals surface area (Å²) in [5, 5.41) is 2.98. The molecule has 1 amide bonds. The Bertz CT molecular complexity index is 653. The summed E-state index contributed by atoms with van der Waals surface area (Å²) in [6.45, 7) is 6.69. The normalized spacial score (nSPS) is 11.8. The molecule has 3 nitrogen and oxygen atoms in total. The van der Waals surface area contributed by atoms with Gasteiger partial charge in [-0.25, -0.2) is 0 Å². The predicted molar refractivity (Wildman–Crippen MR) is 106 cm³/mol. The molecule has 2 aromatic carbocycles. The molecule has 2 rings (SSSR count). The van der Waals surface area contributed by atoms with Gasteiger partial charge in [0.25, 0.3) is 5.91 Å². The molecule has 0 unspecified atom stereocenters. The minimum atomic E-state index is -0.444. The lowest BCUT2D eigenvalue weighted by Crippen LogP contribution is -2.39. The second-order valence-corrected chi connectivity index (χ2v) is 7.27. The maximum atomic E-state index is 12.3. The van der Waals surface area contributed by atoms with Crippen LogP contribution in [0.5, 0.6) is 5.75 Å². The Morgan fingerprint density at radius 3 is 2.44 bits per heavy atom. The summed E-state index contributed by atoms with van der Waals surface area (Å²) in [4.78, 5) is 12.3. The van der Waals surface area contributed by atoms with Crippen molar-refractivity contribution >= 4 is 17.7 Å². The van der Waals surface area contributed by atoms with Gasteiger partial charge in [0.15, 0.2) is 6.10 Å². The Balaban J connectivity index is 1.74. The number of nitrogens with one attached hydrogen (secondary N) is 1. The van der Waals surface area contributed by atoms with E-state index in [2.05, 4.69) is 23.5 Å². The standard InChI is InChI=1S/C21H27NO2S/c1-4-20(24-19-13-16(2)12-17(3)14-19)21(23)22-10-11-25-15-18-8-6-5-7-9-18/h5-9,12-14,20H,4,10-11,15H2,1-3H3,(H,22,23)/t20-/m0/s1. The second kappa shape index (κ2) is 10.1. The molecular formula is C21H27NO2S. The van der Waals surface area contributed by atoms with Gasteiger partial charge in [0, 0.05) is 18.1 Å². The molecule has 0 fully saturated rings. The van der Waals surface area contributed by atoms with Gasteiger partial charge >= 0.3 is 0 Å². The minimum Gasteiger partial charge on any atom is -0.481 e. The quantitative estimate of drug-likeness (QED) is 0.671. The van der Waals surface area contributed by atoms with Crippen molar-refractivity contribution in [2.24, 2.45) is 0 Å². The number of thioether (sulfide) groups is 1. The molecule has 134 valence electrons. The molecule has 0 aliphatic rings. The molecule has 0 saturated carbocycles. The minimum absolute atomic E-state index is 0.0398. The summed E-state index contributed by atoms with van der Waals surface area (Å²) in [6, 6.07) is 16.4. The van der Waals surface area contributed by atoms with Crippen LogP contribution in [0.2, 0.25) is 0 Å². The fourth-order valence-electron chi connectivity index (χ4n) is 2.61. The highest BCUT2D eigenvalue weighted by Crippen LogP contribution is 2.18. The third kappa shape index (κ3) is 6.83. The van der Waals surface area contributed by atoms with E-state index in [1.54, 1.807) is 0 Å². The van der Waals surface area contributed by atoms with Gasteiger partial charge in [-0.1, -0.05) is 43.3 Å². The smallest absolute Gasteiger partial charge is 0.261 e. The zero-order valence-corrected chi connectivity index (χ0v) is 16.1. The topological polar surface area (TPSA) is 38.3 Å². The van der Waals surface area contributed by atoms with Crippen LogP contribution in [-0.2, 0) is 10.5 Å². The second-order valence-electron chi connectivity index (χ2n) is 6.17. The van der Waals surface area contributed by atoms with Crippen LogP contribution in [0.3, 0.4) is 0 Å². The maximum Gasteiger partial charge on any atom is 0.261 e. The van der Waals surface area contributed by atoms with E-state index in [1.807, 2.05) is 62.9 Å². The molecule has 0 bridgehead atoms.